The molecule has 2 aromatic rings. The van der Waals surface area contributed by atoms with E-state index in [-0.39, 0.29) is 5.91 Å². The number of carbonyl (C=O) groups excluding carboxylic acids is 1. The van der Waals surface area contributed by atoms with Crippen LogP contribution in [-0.4, -0.2) is 15.9 Å². The molecule has 1 fully saturated rings. The number of nitrogens with one attached hydrogen (secondary N) is 1. The van der Waals surface area contributed by atoms with E-state index in [9.17, 15) is 4.79 Å². The molecule has 96 valence electrons. The van der Waals surface area contributed by atoms with Crippen LogP contribution in [-0.2, 0) is 10.2 Å². The van der Waals surface area contributed by atoms with Crippen LogP contribution in [0.1, 0.15) is 18.4 Å². The molecule has 1 heterocycles. The zero-order chi connectivity index (χ0) is 13.3. The first-order valence-electron chi connectivity index (χ1n) is 6.05. The minimum Gasteiger partial charge on any atom is -0.310 e. The first kappa shape index (κ1) is 12.1. The maximum absolute atomic E-state index is 12.4. The minimum absolute atomic E-state index is 0.0338. The lowest BCUT2D eigenvalue weighted by atomic mass is 9.95. The Hall–Kier alpha value is -1.94. The summed E-state index contributed by atoms with van der Waals surface area (Å²) in [7, 11) is 0. The molecule has 1 aromatic heterocycles. The van der Waals surface area contributed by atoms with Crippen molar-refractivity contribution in [3.05, 3.63) is 53.4 Å². The number of hydrogen-bond donors (Lipinski definition) is 1. The van der Waals surface area contributed by atoms with Crippen molar-refractivity contribution in [3.8, 4) is 0 Å². The summed E-state index contributed by atoms with van der Waals surface area (Å²) in [4.78, 5) is 20.2. The van der Waals surface area contributed by atoms with Gasteiger partial charge < -0.3 is 5.32 Å². The van der Waals surface area contributed by atoms with Crippen LogP contribution < -0.4 is 5.32 Å². The van der Waals surface area contributed by atoms with Gasteiger partial charge in [0.2, 0.25) is 5.91 Å². The van der Waals surface area contributed by atoms with Crippen molar-refractivity contribution in [1.29, 1.82) is 0 Å². The third-order valence-electron chi connectivity index (χ3n) is 3.39. The minimum atomic E-state index is -0.404. The van der Waals surface area contributed by atoms with Crippen molar-refractivity contribution in [2.75, 3.05) is 5.32 Å². The summed E-state index contributed by atoms with van der Waals surface area (Å²) in [6, 6.07) is 11.4. The van der Waals surface area contributed by atoms with E-state index < -0.39 is 5.41 Å². The molecule has 1 aromatic carbocycles. The second-order valence-electron chi connectivity index (χ2n) is 4.63. The number of rotatable bonds is 3. The predicted octanol–water partition coefficient (Wildman–Crippen LogP) is 2.80. The second-order valence-corrected chi connectivity index (χ2v) is 5.02. The van der Waals surface area contributed by atoms with Crippen molar-refractivity contribution < 1.29 is 4.79 Å². The van der Waals surface area contributed by atoms with Gasteiger partial charge in [0.15, 0.2) is 0 Å². The lowest BCUT2D eigenvalue weighted by molar-refractivity contribution is -0.118. The SMILES string of the molecule is O=C(Nc1cc(Cl)ncn1)C1(c2ccccc2)CC1. The normalized spacial score (nSPS) is 15.8. The van der Waals surface area contributed by atoms with Crippen LogP contribution in [0.4, 0.5) is 5.82 Å². The third kappa shape index (κ3) is 2.31. The van der Waals surface area contributed by atoms with Crippen LogP contribution in [0.2, 0.25) is 5.15 Å². The van der Waals surface area contributed by atoms with E-state index in [1.54, 1.807) is 6.07 Å². The van der Waals surface area contributed by atoms with Gasteiger partial charge in [0.1, 0.15) is 17.3 Å². The highest BCUT2D eigenvalue weighted by Crippen LogP contribution is 2.48. The van der Waals surface area contributed by atoms with Crippen molar-refractivity contribution in [3.63, 3.8) is 0 Å². The number of hydrogen-bond acceptors (Lipinski definition) is 3. The molecule has 1 aliphatic carbocycles. The van der Waals surface area contributed by atoms with Gasteiger partial charge in [-0.05, 0) is 18.4 Å². The van der Waals surface area contributed by atoms with Crippen LogP contribution in [0, 0.1) is 0 Å². The van der Waals surface area contributed by atoms with Gasteiger partial charge in [0.25, 0.3) is 0 Å². The van der Waals surface area contributed by atoms with E-state index in [1.165, 1.54) is 6.33 Å². The van der Waals surface area contributed by atoms with E-state index in [1.807, 2.05) is 30.3 Å². The average molecular weight is 274 g/mol. The van der Waals surface area contributed by atoms with Gasteiger partial charge in [-0.2, -0.15) is 0 Å². The Morgan fingerprint density at radius 3 is 2.58 bits per heavy atom. The molecule has 0 bridgehead atoms. The summed E-state index contributed by atoms with van der Waals surface area (Å²) < 4.78 is 0. The zero-order valence-corrected chi connectivity index (χ0v) is 10.9. The maximum atomic E-state index is 12.4. The summed E-state index contributed by atoms with van der Waals surface area (Å²) in [5.74, 6) is 0.403. The van der Waals surface area contributed by atoms with Gasteiger partial charge in [-0.15, -0.1) is 0 Å². The first-order chi connectivity index (χ1) is 9.21. The van der Waals surface area contributed by atoms with Gasteiger partial charge in [0, 0.05) is 6.07 Å². The molecular formula is C14H12ClN3O. The molecule has 3 rings (SSSR count). The molecule has 0 spiro atoms. The number of amides is 1. The van der Waals surface area contributed by atoms with Crippen molar-refractivity contribution in [1.82, 2.24) is 9.97 Å². The summed E-state index contributed by atoms with van der Waals surface area (Å²) in [6.07, 6.45) is 3.06. The Labute approximate surface area is 115 Å². The number of halogens is 1. The molecule has 1 aliphatic rings. The Morgan fingerprint density at radius 1 is 1.21 bits per heavy atom. The van der Waals surface area contributed by atoms with Crippen LogP contribution in [0.15, 0.2) is 42.7 Å². The number of nitrogens with zero attached hydrogens (tertiary/aromatic N) is 2. The van der Waals surface area contributed by atoms with Crippen LogP contribution in [0.5, 0.6) is 0 Å². The molecule has 1 saturated carbocycles. The molecule has 0 aliphatic heterocycles. The number of benzene rings is 1. The van der Waals surface area contributed by atoms with Gasteiger partial charge >= 0.3 is 0 Å². The smallest absolute Gasteiger partial charge is 0.236 e. The van der Waals surface area contributed by atoms with Gasteiger partial charge in [-0.1, -0.05) is 41.9 Å². The van der Waals surface area contributed by atoms with E-state index >= 15 is 0 Å². The summed E-state index contributed by atoms with van der Waals surface area (Å²) >= 11 is 5.77. The standard InChI is InChI=1S/C14H12ClN3O/c15-11-8-12(17-9-16-11)18-13(19)14(6-7-14)10-4-2-1-3-5-10/h1-5,8-9H,6-7H2,(H,16,17,18,19). The molecule has 1 N–H and O–H groups in total. The summed E-state index contributed by atoms with van der Waals surface area (Å²) in [6.45, 7) is 0. The molecule has 5 heteroatoms. The molecule has 19 heavy (non-hydrogen) atoms. The lowest BCUT2D eigenvalue weighted by Crippen LogP contribution is -2.28. The van der Waals surface area contributed by atoms with Crippen molar-refractivity contribution >= 4 is 23.3 Å². The molecule has 0 unspecified atom stereocenters. The summed E-state index contributed by atoms with van der Waals surface area (Å²) in [5.41, 5.74) is 0.645. The number of aromatic nitrogens is 2. The van der Waals surface area contributed by atoms with Gasteiger partial charge in [0.05, 0.1) is 5.41 Å². The molecule has 0 radical (unpaired) electrons. The zero-order valence-electron chi connectivity index (χ0n) is 10.1. The largest absolute Gasteiger partial charge is 0.310 e. The Kier molecular flexibility index (Phi) is 2.95. The Morgan fingerprint density at radius 2 is 1.95 bits per heavy atom. The topological polar surface area (TPSA) is 54.9 Å². The van der Waals surface area contributed by atoms with E-state index in [0.717, 1.165) is 18.4 Å². The number of anilines is 1. The second kappa shape index (κ2) is 4.63. The van der Waals surface area contributed by atoms with Crippen molar-refractivity contribution in [2.24, 2.45) is 0 Å². The summed E-state index contributed by atoms with van der Waals surface area (Å²) in [5, 5.41) is 3.12. The fraction of sp³-hybridized carbons (Fsp3) is 0.214. The predicted molar refractivity (Wildman–Crippen MR) is 73.0 cm³/mol. The van der Waals surface area contributed by atoms with E-state index in [2.05, 4.69) is 15.3 Å². The highest BCUT2D eigenvalue weighted by molar-refractivity contribution is 6.29. The van der Waals surface area contributed by atoms with E-state index in [0.29, 0.717) is 11.0 Å². The van der Waals surface area contributed by atoms with Crippen LogP contribution in [0.25, 0.3) is 0 Å². The molecule has 0 saturated heterocycles. The lowest BCUT2D eigenvalue weighted by Gasteiger charge is -2.15. The van der Waals surface area contributed by atoms with Crippen LogP contribution in [0.3, 0.4) is 0 Å². The average Bonchev–Trinajstić information content (AvgIpc) is 3.21. The highest BCUT2D eigenvalue weighted by atomic mass is 35.5. The first-order valence-corrected chi connectivity index (χ1v) is 6.43. The quantitative estimate of drug-likeness (QED) is 0.875. The number of carbonyl (C=O) groups is 1. The monoisotopic (exact) mass is 273 g/mol. The highest BCUT2D eigenvalue weighted by Gasteiger charge is 2.51. The Bertz CT molecular complexity index is 611. The molecule has 4 nitrogen and oxygen atoms in total. The fourth-order valence-corrected chi connectivity index (χ4v) is 2.31. The fourth-order valence-electron chi connectivity index (χ4n) is 2.17. The van der Waals surface area contributed by atoms with Gasteiger partial charge in [-0.3, -0.25) is 4.79 Å². The van der Waals surface area contributed by atoms with E-state index in [4.69, 9.17) is 11.6 Å². The van der Waals surface area contributed by atoms with Gasteiger partial charge in [-0.25, -0.2) is 9.97 Å². The molecule has 1 amide bonds. The van der Waals surface area contributed by atoms with Crippen LogP contribution >= 0.6 is 11.6 Å². The third-order valence-corrected chi connectivity index (χ3v) is 3.59. The Balaban J connectivity index is 1.82. The molecule has 0 atom stereocenters. The van der Waals surface area contributed by atoms with Crippen molar-refractivity contribution in [2.45, 2.75) is 18.3 Å². The maximum Gasteiger partial charge on any atom is 0.236 e. The molecular weight excluding hydrogens is 262 g/mol.